The lowest BCUT2D eigenvalue weighted by molar-refractivity contribution is 0.223. The van der Waals surface area contributed by atoms with Gasteiger partial charge in [-0.2, -0.15) is 4.31 Å². The highest BCUT2D eigenvalue weighted by Gasteiger charge is 2.29. The van der Waals surface area contributed by atoms with E-state index in [1.807, 2.05) is 20.8 Å². The standard InChI is InChI=1S/C16H26N4O3S/c1-16(2,3)19-15(21)18-11-13-6-9-20(10-7-13)24(22,23)14-5-4-8-17-12-14/h4-5,8,12-13H,6-7,9-11H2,1-3H3,(H2,18,19,21). The van der Waals surface area contributed by atoms with Crippen molar-refractivity contribution >= 4 is 16.1 Å². The first-order valence-electron chi connectivity index (χ1n) is 8.15. The van der Waals surface area contributed by atoms with Gasteiger partial charge in [0.1, 0.15) is 4.90 Å². The zero-order valence-corrected chi connectivity index (χ0v) is 15.3. The molecule has 0 bridgehead atoms. The van der Waals surface area contributed by atoms with Crippen LogP contribution in [0.4, 0.5) is 4.79 Å². The van der Waals surface area contributed by atoms with Crippen LogP contribution in [0.1, 0.15) is 33.6 Å². The maximum atomic E-state index is 12.5. The van der Waals surface area contributed by atoms with E-state index in [-0.39, 0.29) is 22.4 Å². The summed E-state index contributed by atoms with van der Waals surface area (Å²) in [5.41, 5.74) is -0.273. The number of hydrogen-bond acceptors (Lipinski definition) is 4. The summed E-state index contributed by atoms with van der Waals surface area (Å²) in [6.07, 6.45) is 4.39. The van der Waals surface area contributed by atoms with Crippen molar-refractivity contribution in [1.29, 1.82) is 0 Å². The largest absolute Gasteiger partial charge is 0.338 e. The number of carbonyl (C=O) groups is 1. The summed E-state index contributed by atoms with van der Waals surface area (Å²) in [7, 11) is -3.47. The zero-order valence-electron chi connectivity index (χ0n) is 14.4. The van der Waals surface area contributed by atoms with Crippen LogP contribution in [0.5, 0.6) is 0 Å². The predicted octanol–water partition coefficient (Wildman–Crippen LogP) is 1.58. The first-order chi connectivity index (χ1) is 11.2. The van der Waals surface area contributed by atoms with Gasteiger partial charge in [-0.1, -0.05) is 0 Å². The molecule has 2 heterocycles. The average molecular weight is 354 g/mol. The molecule has 1 aromatic rings. The maximum Gasteiger partial charge on any atom is 0.315 e. The Morgan fingerprint density at radius 2 is 2.00 bits per heavy atom. The summed E-state index contributed by atoms with van der Waals surface area (Å²) >= 11 is 0. The Kier molecular flexibility index (Phi) is 5.82. The molecular weight excluding hydrogens is 328 g/mol. The molecule has 7 nitrogen and oxygen atoms in total. The van der Waals surface area contributed by atoms with Crippen LogP contribution in [-0.2, 0) is 10.0 Å². The van der Waals surface area contributed by atoms with Crippen molar-refractivity contribution < 1.29 is 13.2 Å². The molecule has 0 saturated carbocycles. The summed E-state index contributed by atoms with van der Waals surface area (Å²) in [5.74, 6) is 0.288. The van der Waals surface area contributed by atoms with E-state index < -0.39 is 10.0 Å². The molecule has 0 radical (unpaired) electrons. The number of sulfonamides is 1. The van der Waals surface area contributed by atoms with Crippen molar-refractivity contribution in [2.24, 2.45) is 5.92 Å². The number of amides is 2. The van der Waals surface area contributed by atoms with E-state index in [0.717, 1.165) is 12.8 Å². The molecule has 134 valence electrons. The molecule has 1 aliphatic rings. The van der Waals surface area contributed by atoms with Gasteiger partial charge in [-0.25, -0.2) is 13.2 Å². The second-order valence-corrected chi connectivity index (χ2v) is 9.06. The Morgan fingerprint density at radius 3 is 2.54 bits per heavy atom. The number of hydrogen-bond donors (Lipinski definition) is 2. The van der Waals surface area contributed by atoms with Crippen LogP contribution in [-0.4, -0.2) is 48.9 Å². The molecule has 1 saturated heterocycles. The van der Waals surface area contributed by atoms with Crippen molar-refractivity contribution in [1.82, 2.24) is 19.9 Å². The van der Waals surface area contributed by atoms with Crippen LogP contribution in [0.25, 0.3) is 0 Å². The number of piperidine rings is 1. The third-order valence-electron chi connectivity index (χ3n) is 3.89. The van der Waals surface area contributed by atoms with Crippen molar-refractivity contribution in [2.75, 3.05) is 19.6 Å². The zero-order chi connectivity index (χ0) is 17.8. The molecule has 2 amide bonds. The van der Waals surface area contributed by atoms with Crippen LogP contribution < -0.4 is 10.6 Å². The minimum atomic E-state index is -3.47. The van der Waals surface area contributed by atoms with Crippen molar-refractivity contribution in [2.45, 2.75) is 44.0 Å². The van der Waals surface area contributed by atoms with Gasteiger partial charge in [-0.15, -0.1) is 0 Å². The van der Waals surface area contributed by atoms with Gasteiger partial charge in [0.15, 0.2) is 0 Å². The molecule has 1 aromatic heterocycles. The Bertz CT molecular complexity index is 648. The van der Waals surface area contributed by atoms with Crippen LogP contribution in [0.2, 0.25) is 0 Å². The Labute approximate surface area is 143 Å². The third kappa shape index (κ3) is 5.17. The van der Waals surface area contributed by atoms with Gasteiger partial charge < -0.3 is 10.6 Å². The quantitative estimate of drug-likeness (QED) is 0.859. The minimum Gasteiger partial charge on any atom is -0.338 e. The molecule has 1 fully saturated rings. The fraction of sp³-hybridized carbons (Fsp3) is 0.625. The number of carbonyl (C=O) groups excluding carboxylic acids is 1. The molecule has 24 heavy (non-hydrogen) atoms. The van der Waals surface area contributed by atoms with E-state index in [2.05, 4.69) is 15.6 Å². The lowest BCUT2D eigenvalue weighted by Crippen LogP contribution is -2.48. The summed E-state index contributed by atoms with van der Waals surface area (Å²) in [6.45, 7) is 7.26. The topological polar surface area (TPSA) is 91.4 Å². The van der Waals surface area contributed by atoms with Gasteiger partial charge >= 0.3 is 6.03 Å². The van der Waals surface area contributed by atoms with E-state index in [9.17, 15) is 13.2 Å². The van der Waals surface area contributed by atoms with E-state index in [1.165, 1.54) is 10.5 Å². The third-order valence-corrected chi connectivity index (χ3v) is 5.77. The number of nitrogens with one attached hydrogen (secondary N) is 2. The van der Waals surface area contributed by atoms with Gasteiger partial charge in [0, 0.05) is 37.6 Å². The van der Waals surface area contributed by atoms with Gasteiger partial charge in [-0.3, -0.25) is 4.98 Å². The Morgan fingerprint density at radius 1 is 1.33 bits per heavy atom. The molecule has 2 rings (SSSR count). The number of urea groups is 1. The molecule has 2 N–H and O–H groups in total. The first-order valence-corrected chi connectivity index (χ1v) is 9.59. The van der Waals surface area contributed by atoms with Crippen molar-refractivity contribution in [3.05, 3.63) is 24.5 Å². The Hall–Kier alpha value is -1.67. The fourth-order valence-corrected chi connectivity index (χ4v) is 4.06. The van der Waals surface area contributed by atoms with Crippen molar-refractivity contribution in [3.63, 3.8) is 0 Å². The van der Waals surface area contributed by atoms with Crippen LogP contribution in [0, 0.1) is 5.92 Å². The molecule has 0 aliphatic carbocycles. The second-order valence-electron chi connectivity index (χ2n) is 7.12. The molecule has 0 atom stereocenters. The van der Waals surface area contributed by atoms with E-state index in [0.29, 0.717) is 19.6 Å². The SMILES string of the molecule is CC(C)(C)NC(=O)NCC1CCN(S(=O)(=O)c2cccnc2)CC1. The summed E-state index contributed by atoms with van der Waals surface area (Å²) < 4.78 is 26.5. The number of aromatic nitrogens is 1. The maximum absolute atomic E-state index is 12.5. The number of rotatable bonds is 4. The molecule has 0 unspecified atom stereocenters. The average Bonchev–Trinajstić information content (AvgIpc) is 2.52. The minimum absolute atomic E-state index is 0.187. The highest BCUT2D eigenvalue weighted by molar-refractivity contribution is 7.89. The normalized spacial score (nSPS) is 17.5. The van der Waals surface area contributed by atoms with Gasteiger partial charge in [0.2, 0.25) is 10.0 Å². The molecular formula is C16H26N4O3S. The van der Waals surface area contributed by atoms with E-state index >= 15 is 0 Å². The number of nitrogens with zero attached hydrogens (tertiary/aromatic N) is 2. The first kappa shape index (κ1) is 18.7. The van der Waals surface area contributed by atoms with Crippen LogP contribution in [0.15, 0.2) is 29.4 Å². The second kappa shape index (κ2) is 7.48. The highest BCUT2D eigenvalue weighted by Crippen LogP contribution is 2.22. The van der Waals surface area contributed by atoms with E-state index in [1.54, 1.807) is 18.3 Å². The van der Waals surface area contributed by atoms with Crippen LogP contribution >= 0.6 is 0 Å². The van der Waals surface area contributed by atoms with Gasteiger partial charge in [0.25, 0.3) is 0 Å². The smallest absolute Gasteiger partial charge is 0.315 e. The van der Waals surface area contributed by atoms with Crippen LogP contribution in [0.3, 0.4) is 0 Å². The molecule has 1 aliphatic heterocycles. The summed E-state index contributed by atoms with van der Waals surface area (Å²) in [4.78, 5) is 15.9. The predicted molar refractivity (Wildman–Crippen MR) is 92.0 cm³/mol. The summed E-state index contributed by atoms with van der Waals surface area (Å²) in [5, 5.41) is 5.72. The monoisotopic (exact) mass is 354 g/mol. The van der Waals surface area contributed by atoms with Gasteiger partial charge in [-0.05, 0) is 51.7 Å². The van der Waals surface area contributed by atoms with Gasteiger partial charge in [0.05, 0.1) is 0 Å². The lowest BCUT2D eigenvalue weighted by atomic mass is 9.98. The molecule has 0 spiro atoms. The molecule has 0 aromatic carbocycles. The highest BCUT2D eigenvalue weighted by atomic mass is 32.2. The van der Waals surface area contributed by atoms with Crippen molar-refractivity contribution in [3.8, 4) is 0 Å². The summed E-state index contributed by atoms with van der Waals surface area (Å²) in [6, 6.07) is 3.00. The Balaban J connectivity index is 1.83. The lowest BCUT2D eigenvalue weighted by Gasteiger charge is -2.31. The van der Waals surface area contributed by atoms with E-state index in [4.69, 9.17) is 0 Å². The molecule has 8 heteroatoms. The fourth-order valence-electron chi connectivity index (χ4n) is 2.62. The number of pyridine rings is 1.